The molecule has 0 aromatic rings. The van der Waals surface area contributed by atoms with E-state index in [1.54, 1.807) is 0 Å². The van der Waals surface area contributed by atoms with Crippen molar-refractivity contribution < 1.29 is 39.0 Å². The molecule has 17 heteroatoms. The van der Waals surface area contributed by atoms with Crippen molar-refractivity contribution >= 4 is 41.5 Å². The largest absolute Gasteiger partial charge is 0.481 e. The molecule has 0 aliphatic carbocycles. The summed E-state index contributed by atoms with van der Waals surface area (Å²) in [5.74, 6) is -6.04. The topological polar surface area (TPSA) is 321 Å². The summed E-state index contributed by atoms with van der Waals surface area (Å²) in [6.07, 6.45) is 0.0941. The van der Waals surface area contributed by atoms with Crippen molar-refractivity contribution in [3.05, 3.63) is 0 Å². The van der Waals surface area contributed by atoms with E-state index in [0.717, 1.165) is 0 Å². The van der Waals surface area contributed by atoms with Gasteiger partial charge in [-0.25, -0.2) is 4.79 Å². The Kier molecular flexibility index (Phi) is 17.2. The first-order valence-electron chi connectivity index (χ1n) is 12.4. The first-order chi connectivity index (χ1) is 18.3. The lowest BCUT2D eigenvalue weighted by molar-refractivity contribution is -0.142. The summed E-state index contributed by atoms with van der Waals surface area (Å²) in [5.41, 5.74) is 26.9. The second-order valence-corrected chi connectivity index (χ2v) is 8.80. The summed E-state index contributed by atoms with van der Waals surface area (Å²) < 4.78 is 0. The molecule has 0 saturated carbocycles. The summed E-state index contributed by atoms with van der Waals surface area (Å²) in [6.45, 7) is 0.549. The van der Waals surface area contributed by atoms with Gasteiger partial charge in [0.1, 0.15) is 18.1 Å². The monoisotopic (exact) mass is 559 g/mol. The fraction of sp³-hybridized carbons (Fsp3) is 0.682. The van der Waals surface area contributed by atoms with Crippen molar-refractivity contribution in [2.45, 2.75) is 82.0 Å². The molecule has 0 rings (SSSR count). The number of carbonyl (C=O) groups excluding carboxylic acids is 4. The molecular formula is C22H41N9O8. The van der Waals surface area contributed by atoms with E-state index in [4.69, 9.17) is 33.8 Å². The van der Waals surface area contributed by atoms with Gasteiger partial charge in [-0.05, 0) is 51.5 Å². The lowest BCUT2D eigenvalue weighted by atomic mass is 10.0. The Morgan fingerprint density at radius 1 is 0.692 bits per heavy atom. The highest BCUT2D eigenvalue weighted by atomic mass is 16.4. The van der Waals surface area contributed by atoms with Crippen LogP contribution in [0, 0.1) is 0 Å². The molecule has 0 aliphatic heterocycles. The molecule has 0 aromatic carbocycles. The number of nitrogens with two attached hydrogens (primary N) is 5. The van der Waals surface area contributed by atoms with Crippen molar-refractivity contribution in [2.75, 3.05) is 13.1 Å². The molecule has 0 fully saturated rings. The van der Waals surface area contributed by atoms with E-state index in [-0.39, 0.29) is 44.6 Å². The highest BCUT2D eigenvalue weighted by molar-refractivity contribution is 5.94. The maximum Gasteiger partial charge on any atom is 0.326 e. The van der Waals surface area contributed by atoms with Crippen LogP contribution in [0.2, 0.25) is 0 Å². The van der Waals surface area contributed by atoms with Crippen LogP contribution in [0.3, 0.4) is 0 Å². The first kappa shape index (κ1) is 35.0. The third-order valence-corrected chi connectivity index (χ3v) is 5.46. The molecule has 15 N–H and O–H groups in total. The summed E-state index contributed by atoms with van der Waals surface area (Å²) in [6, 6.07) is -5.16. The smallest absolute Gasteiger partial charge is 0.326 e. The fourth-order valence-electron chi connectivity index (χ4n) is 3.32. The van der Waals surface area contributed by atoms with E-state index in [9.17, 15) is 33.9 Å². The molecule has 0 aromatic heterocycles. The van der Waals surface area contributed by atoms with Gasteiger partial charge >= 0.3 is 11.9 Å². The van der Waals surface area contributed by atoms with E-state index in [2.05, 4.69) is 20.9 Å². The van der Waals surface area contributed by atoms with Crippen LogP contribution >= 0.6 is 0 Å². The molecule has 0 bridgehead atoms. The quantitative estimate of drug-likeness (QED) is 0.0367. The predicted molar refractivity (Wildman–Crippen MR) is 140 cm³/mol. The van der Waals surface area contributed by atoms with Gasteiger partial charge in [0.2, 0.25) is 23.6 Å². The van der Waals surface area contributed by atoms with Crippen LogP contribution < -0.4 is 44.6 Å². The molecule has 4 atom stereocenters. The van der Waals surface area contributed by atoms with Crippen LogP contribution in [0.5, 0.6) is 0 Å². The number of aliphatic carboxylic acids is 2. The number of carbonyl (C=O) groups is 6. The van der Waals surface area contributed by atoms with Gasteiger partial charge in [-0.1, -0.05) is 0 Å². The zero-order valence-corrected chi connectivity index (χ0v) is 21.8. The maximum atomic E-state index is 13.0. The second kappa shape index (κ2) is 19.1. The number of hydrogen-bond donors (Lipinski definition) is 10. The van der Waals surface area contributed by atoms with Crippen molar-refractivity contribution in [3.8, 4) is 0 Å². The molecule has 4 unspecified atom stereocenters. The molecule has 222 valence electrons. The third-order valence-electron chi connectivity index (χ3n) is 5.46. The van der Waals surface area contributed by atoms with Crippen LogP contribution in [-0.2, 0) is 28.8 Å². The Morgan fingerprint density at radius 2 is 1.23 bits per heavy atom. The van der Waals surface area contributed by atoms with Gasteiger partial charge in [-0.3, -0.25) is 29.0 Å². The molecule has 0 radical (unpaired) electrons. The van der Waals surface area contributed by atoms with Gasteiger partial charge in [0, 0.05) is 19.4 Å². The molecule has 0 aliphatic rings. The Hall–Kier alpha value is -3.99. The molecule has 0 saturated heterocycles. The zero-order valence-electron chi connectivity index (χ0n) is 21.8. The van der Waals surface area contributed by atoms with E-state index in [1.807, 2.05) is 0 Å². The summed E-state index contributed by atoms with van der Waals surface area (Å²) in [5, 5.41) is 25.5. The van der Waals surface area contributed by atoms with Gasteiger partial charge in [0.25, 0.3) is 0 Å². The summed E-state index contributed by atoms with van der Waals surface area (Å²) >= 11 is 0. The van der Waals surface area contributed by atoms with Gasteiger partial charge in [-0.2, -0.15) is 0 Å². The molecule has 17 nitrogen and oxygen atoms in total. The Labute approximate surface area is 225 Å². The molecule has 0 heterocycles. The van der Waals surface area contributed by atoms with Crippen molar-refractivity contribution in [2.24, 2.45) is 33.7 Å². The lowest BCUT2D eigenvalue weighted by Crippen LogP contribution is -2.57. The Bertz CT molecular complexity index is 880. The number of guanidine groups is 1. The Morgan fingerprint density at radius 3 is 1.72 bits per heavy atom. The van der Waals surface area contributed by atoms with Gasteiger partial charge in [0.15, 0.2) is 5.96 Å². The number of rotatable bonds is 21. The number of primary amides is 1. The number of unbranched alkanes of at least 4 members (excludes halogenated alkanes) is 1. The SMILES string of the molecule is NCCCCC(NC(=O)C(CCC(N)=O)NC(=O)C(CCC(=O)O)NC(=O)C(N)CCCN=C(N)N)C(=O)O. The van der Waals surface area contributed by atoms with E-state index < -0.39 is 66.2 Å². The summed E-state index contributed by atoms with van der Waals surface area (Å²) in [4.78, 5) is 76.2. The third kappa shape index (κ3) is 16.5. The van der Waals surface area contributed by atoms with Crippen molar-refractivity contribution in [1.29, 1.82) is 0 Å². The van der Waals surface area contributed by atoms with Crippen molar-refractivity contribution in [3.63, 3.8) is 0 Å². The van der Waals surface area contributed by atoms with Crippen LogP contribution in [-0.4, -0.2) is 89.0 Å². The minimum Gasteiger partial charge on any atom is -0.481 e. The predicted octanol–water partition coefficient (Wildman–Crippen LogP) is -3.83. The first-order valence-corrected chi connectivity index (χ1v) is 12.4. The van der Waals surface area contributed by atoms with E-state index in [0.29, 0.717) is 25.8 Å². The Balaban J connectivity index is 5.54. The lowest BCUT2D eigenvalue weighted by Gasteiger charge is -2.25. The van der Waals surface area contributed by atoms with Gasteiger partial charge in [0.05, 0.1) is 6.04 Å². The summed E-state index contributed by atoms with van der Waals surface area (Å²) in [7, 11) is 0. The fourth-order valence-corrected chi connectivity index (χ4v) is 3.32. The highest BCUT2D eigenvalue weighted by Crippen LogP contribution is 2.07. The highest BCUT2D eigenvalue weighted by Gasteiger charge is 2.30. The number of aliphatic imine (C=N–C) groups is 1. The number of amides is 4. The number of carboxylic acid groups (broad SMARTS) is 2. The van der Waals surface area contributed by atoms with Crippen LogP contribution in [0.25, 0.3) is 0 Å². The van der Waals surface area contributed by atoms with Crippen LogP contribution in [0.4, 0.5) is 0 Å². The van der Waals surface area contributed by atoms with E-state index >= 15 is 0 Å². The minimum atomic E-state index is -1.40. The van der Waals surface area contributed by atoms with Gasteiger partial charge in [-0.15, -0.1) is 0 Å². The normalized spacial score (nSPS) is 13.7. The van der Waals surface area contributed by atoms with Crippen molar-refractivity contribution in [1.82, 2.24) is 16.0 Å². The van der Waals surface area contributed by atoms with Crippen LogP contribution in [0.1, 0.15) is 57.8 Å². The standard InChI is InChI=1S/C22H41N9O8/c23-10-2-1-5-15(21(38)39)31-20(37)13(6-8-16(25)32)30-19(36)14(7-9-17(33)34)29-18(35)12(24)4-3-11-28-22(26)27/h12-15H,1-11,23-24H2,(H2,25,32)(H,29,35)(H,30,36)(H,31,37)(H,33,34)(H,38,39)(H4,26,27,28). The zero-order chi connectivity index (χ0) is 30.0. The number of hydrogen-bond acceptors (Lipinski definition) is 9. The number of carboxylic acids is 2. The molecule has 0 spiro atoms. The maximum absolute atomic E-state index is 13.0. The molecule has 39 heavy (non-hydrogen) atoms. The molecule has 4 amide bonds. The van der Waals surface area contributed by atoms with E-state index in [1.165, 1.54) is 0 Å². The number of nitrogens with one attached hydrogen (secondary N) is 3. The molecular weight excluding hydrogens is 518 g/mol. The van der Waals surface area contributed by atoms with Gasteiger partial charge < -0.3 is 54.8 Å². The average Bonchev–Trinajstić information content (AvgIpc) is 2.85. The minimum absolute atomic E-state index is 0.0765. The number of nitrogens with zero attached hydrogens (tertiary/aromatic N) is 1. The van der Waals surface area contributed by atoms with Crippen LogP contribution in [0.15, 0.2) is 4.99 Å². The second-order valence-electron chi connectivity index (χ2n) is 8.80. The average molecular weight is 560 g/mol.